The molecule has 10 heteroatoms. The molecule has 2 aromatic carbocycles. The number of hydrogen-bond donors (Lipinski definition) is 1. The zero-order valence-corrected chi connectivity index (χ0v) is 17.9. The van der Waals surface area contributed by atoms with Gasteiger partial charge in [0.15, 0.2) is 23.0 Å². The standard InChI is InChI=1S/C21H17Cl2FN4O3/c1-29-17-9-16-12(7-18(17)30-6-2-5-22)10-25-19-20(26-11-27-21(19)31-16)28-13-3-4-15(24)14(23)8-13/h3-4,7-11H,2,5-6H2,1H3,(H,26,27,28). The van der Waals surface area contributed by atoms with Crippen LogP contribution in [-0.4, -0.2) is 35.8 Å². The summed E-state index contributed by atoms with van der Waals surface area (Å²) in [7, 11) is 1.55. The van der Waals surface area contributed by atoms with Crippen molar-refractivity contribution in [1.82, 2.24) is 9.97 Å². The lowest BCUT2D eigenvalue weighted by atomic mass is 10.2. The third-order valence-electron chi connectivity index (χ3n) is 4.34. The van der Waals surface area contributed by atoms with Gasteiger partial charge in [0.1, 0.15) is 17.9 Å². The van der Waals surface area contributed by atoms with E-state index in [0.29, 0.717) is 58.9 Å². The molecule has 0 unspecified atom stereocenters. The Morgan fingerprint density at radius 3 is 2.81 bits per heavy atom. The summed E-state index contributed by atoms with van der Waals surface area (Å²) in [4.78, 5) is 12.9. The second-order valence-corrected chi connectivity index (χ2v) is 7.21. The van der Waals surface area contributed by atoms with Gasteiger partial charge in [0.25, 0.3) is 5.88 Å². The molecular weight excluding hydrogens is 446 g/mol. The molecule has 0 saturated heterocycles. The van der Waals surface area contributed by atoms with Crippen LogP contribution < -0.4 is 19.5 Å². The van der Waals surface area contributed by atoms with E-state index in [4.69, 9.17) is 37.4 Å². The Hall–Kier alpha value is -3.10. The summed E-state index contributed by atoms with van der Waals surface area (Å²) in [5.41, 5.74) is 1.60. The molecule has 0 atom stereocenters. The number of ether oxygens (including phenoxy) is 3. The van der Waals surface area contributed by atoms with Crippen LogP contribution in [0.5, 0.6) is 23.1 Å². The third-order valence-corrected chi connectivity index (χ3v) is 4.90. The average molecular weight is 463 g/mol. The highest BCUT2D eigenvalue weighted by molar-refractivity contribution is 6.31. The number of nitrogens with zero attached hydrogens (tertiary/aromatic N) is 3. The number of nitrogens with one attached hydrogen (secondary N) is 1. The number of halogens is 3. The molecule has 4 rings (SSSR count). The number of benzene rings is 2. The fourth-order valence-electron chi connectivity index (χ4n) is 2.85. The van der Waals surface area contributed by atoms with E-state index in [1.54, 1.807) is 31.5 Å². The lowest BCUT2D eigenvalue weighted by Gasteiger charge is -2.14. The molecule has 0 aliphatic carbocycles. The zero-order chi connectivity index (χ0) is 21.8. The van der Waals surface area contributed by atoms with Crippen LogP contribution in [0.15, 0.2) is 41.7 Å². The largest absolute Gasteiger partial charge is 0.493 e. The quantitative estimate of drug-likeness (QED) is 0.272. The summed E-state index contributed by atoms with van der Waals surface area (Å²) in [6.45, 7) is 0.455. The molecule has 1 aliphatic heterocycles. The summed E-state index contributed by atoms with van der Waals surface area (Å²) in [5, 5.41) is 3.06. The molecule has 1 aliphatic rings. The second kappa shape index (κ2) is 9.36. The lowest BCUT2D eigenvalue weighted by molar-refractivity contribution is 0.294. The Balaban J connectivity index is 1.67. The zero-order valence-electron chi connectivity index (χ0n) is 16.4. The monoisotopic (exact) mass is 462 g/mol. The van der Waals surface area contributed by atoms with Crippen LogP contribution in [0.25, 0.3) is 0 Å². The smallest absolute Gasteiger partial charge is 0.250 e. The third kappa shape index (κ3) is 4.65. The number of aliphatic imine (C=N–C) groups is 1. The van der Waals surface area contributed by atoms with Crippen molar-refractivity contribution in [1.29, 1.82) is 0 Å². The maximum absolute atomic E-state index is 13.5. The molecule has 0 saturated carbocycles. The van der Waals surface area contributed by atoms with Crippen molar-refractivity contribution in [2.24, 2.45) is 4.99 Å². The minimum atomic E-state index is -0.511. The van der Waals surface area contributed by atoms with Crippen LogP contribution in [0.1, 0.15) is 12.0 Å². The molecule has 0 amide bonds. The maximum Gasteiger partial charge on any atom is 0.250 e. The van der Waals surface area contributed by atoms with Crippen molar-refractivity contribution in [3.05, 3.63) is 53.1 Å². The van der Waals surface area contributed by atoms with Crippen molar-refractivity contribution in [2.45, 2.75) is 6.42 Å². The summed E-state index contributed by atoms with van der Waals surface area (Å²) < 4.78 is 30.6. The van der Waals surface area contributed by atoms with Gasteiger partial charge in [0, 0.05) is 29.4 Å². The summed E-state index contributed by atoms with van der Waals surface area (Å²) in [5.74, 6) is 2.18. The van der Waals surface area contributed by atoms with Gasteiger partial charge in [-0.15, -0.1) is 11.6 Å². The van der Waals surface area contributed by atoms with Crippen LogP contribution in [0.2, 0.25) is 5.02 Å². The van der Waals surface area contributed by atoms with Gasteiger partial charge in [-0.3, -0.25) is 0 Å². The van der Waals surface area contributed by atoms with Crippen molar-refractivity contribution in [3.63, 3.8) is 0 Å². The average Bonchev–Trinajstić information content (AvgIpc) is 2.95. The first kappa shape index (κ1) is 21.1. The van der Waals surface area contributed by atoms with Crippen LogP contribution in [-0.2, 0) is 0 Å². The first-order chi connectivity index (χ1) is 15.1. The molecule has 0 bridgehead atoms. The van der Waals surface area contributed by atoms with Crippen molar-refractivity contribution < 1.29 is 18.6 Å². The summed E-state index contributed by atoms with van der Waals surface area (Å²) in [6.07, 6.45) is 3.67. The molecule has 0 fully saturated rings. The van der Waals surface area contributed by atoms with E-state index in [9.17, 15) is 4.39 Å². The highest BCUT2D eigenvalue weighted by atomic mass is 35.5. The number of hydrogen-bond acceptors (Lipinski definition) is 7. The number of aromatic nitrogens is 2. The first-order valence-corrected chi connectivity index (χ1v) is 10.2. The van der Waals surface area contributed by atoms with Crippen LogP contribution in [0, 0.1) is 5.82 Å². The molecule has 0 radical (unpaired) electrons. The molecule has 7 nitrogen and oxygen atoms in total. The van der Waals surface area contributed by atoms with E-state index < -0.39 is 5.82 Å². The Bertz CT molecular complexity index is 1140. The summed E-state index contributed by atoms with van der Waals surface area (Å²) in [6, 6.07) is 7.75. The molecule has 160 valence electrons. The number of methoxy groups -OCH3 is 1. The molecule has 0 spiro atoms. The van der Waals surface area contributed by atoms with Gasteiger partial charge < -0.3 is 19.5 Å². The van der Waals surface area contributed by atoms with Crippen LogP contribution >= 0.6 is 23.2 Å². The minimum Gasteiger partial charge on any atom is -0.493 e. The van der Waals surface area contributed by atoms with E-state index in [2.05, 4.69) is 20.3 Å². The van der Waals surface area contributed by atoms with Crippen molar-refractivity contribution in [2.75, 3.05) is 24.9 Å². The van der Waals surface area contributed by atoms with E-state index >= 15 is 0 Å². The molecule has 1 N–H and O–H groups in total. The van der Waals surface area contributed by atoms with Gasteiger partial charge in [0.2, 0.25) is 0 Å². The fraction of sp³-hybridized carbons (Fsp3) is 0.190. The Morgan fingerprint density at radius 1 is 1.16 bits per heavy atom. The van der Waals surface area contributed by atoms with E-state index in [-0.39, 0.29) is 10.9 Å². The van der Waals surface area contributed by atoms with Gasteiger partial charge in [-0.2, -0.15) is 4.98 Å². The minimum absolute atomic E-state index is 0.00825. The Morgan fingerprint density at radius 2 is 2.03 bits per heavy atom. The lowest BCUT2D eigenvalue weighted by Crippen LogP contribution is -2.01. The Labute approximate surface area is 187 Å². The molecule has 2 heterocycles. The van der Waals surface area contributed by atoms with E-state index in [1.807, 2.05) is 0 Å². The van der Waals surface area contributed by atoms with Gasteiger partial charge in [0.05, 0.1) is 18.7 Å². The topological polar surface area (TPSA) is 77.9 Å². The molecule has 1 aromatic heterocycles. The predicted molar refractivity (Wildman–Crippen MR) is 118 cm³/mol. The predicted octanol–water partition coefficient (Wildman–Crippen LogP) is 5.89. The van der Waals surface area contributed by atoms with Crippen LogP contribution in [0.3, 0.4) is 0 Å². The number of anilines is 2. The van der Waals surface area contributed by atoms with Gasteiger partial charge >= 0.3 is 0 Å². The van der Waals surface area contributed by atoms with Crippen molar-refractivity contribution in [3.8, 4) is 23.1 Å². The van der Waals surface area contributed by atoms with Gasteiger partial charge in [-0.05, 0) is 30.7 Å². The van der Waals surface area contributed by atoms with Crippen LogP contribution in [0.4, 0.5) is 21.6 Å². The van der Waals surface area contributed by atoms with Crippen molar-refractivity contribution >= 4 is 46.6 Å². The maximum atomic E-state index is 13.5. The second-order valence-electron chi connectivity index (χ2n) is 6.42. The van der Waals surface area contributed by atoms with Gasteiger partial charge in [-0.1, -0.05) is 11.6 Å². The summed E-state index contributed by atoms with van der Waals surface area (Å²) >= 11 is 11.6. The highest BCUT2D eigenvalue weighted by Gasteiger charge is 2.20. The van der Waals surface area contributed by atoms with Gasteiger partial charge in [-0.25, -0.2) is 14.4 Å². The van der Waals surface area contributed by atoms with E-state index in [0.717, 1.165) is 0 Å². The molecular formula is C21H17Cl2FN4O3. The Kier molecular flexibility index (Phi) is 6.39. The highest BCUT2D eigenvalue weighted by Crippen LogP contribution is 2.42. The molecule has 3 aromatic rings. The number of rotatable bonds is 7. The SMILES string of the molecule is COc1cc2c(cc1OCCCCl)C=Nc1c(Nc3ccc(F)c(Cl)c3)ncnc1O2. The normalized spacial score (nSPS) is 11.7. The first-order valence-electron chi connectivity index (χ1n) is 9.29. The fourth-order valence-corrected chi connectivity index (χ4v) is 3.14. The number of alkyl halides is 1. The molecule has 31 heavy (non-hydrogen) atoms. The van der Waals surface area contributed by atoms with E-state index in [1.165, 1.54) is 18.5 Å². The number of fused-ring (bicyclic) bond motifs is 2.